The smallest absolute Gasteiger partial charge is 0.267 e. The topological polar surface area (TPSA) is 76.9 Å². The number of carbonyl (C=O) groups excluding carboxylic acids is 1. The lowest BCUT2D eigenvalue weighted by atomic mass is 9.92. The molecule has 4 rings (SSSR count). The number of carbonyl (C=O) groups is 1. The summed E-state index contributed by atoms with van der Waals surface area (Å²) in [7, 11) is 0. The Kier molecular flexibility index (Phi) is 6.00. The number of amides is 1. The van der Waals surface area contributed by atoms with Crippen molar-refractivity contribution in [3.63, 3.8) is 0 Å². The SMILES string of the molecule is CC(C)(C)c1ccc(=O)n(CCN2CCN(C(=O)C3COc4ccccc4O3)CC2)n1. The van der Waals surface area contributed by atoms with Crippen LogP contribution in [0.15, 0.2) is 41.2 Å². The maximum atomic E-state index is 12.9. The molecule has 0 spiro atoms. The first-order valence-electron chi connectivity index (χ1n) is 10.8. The fourth-order valence-electron chi connectivity index (χ4n) is 3.78. The molecule has 2 aliphatic rings. The van der Waals surface area contributed by atoms with Crippen LogP contribution in [0.3, 0.4) is 0 Å². The van der Waals surface area contributed by atoms with Crippen LogP contribution in [0.25, 0.3) is 0 Å². The number of ether oxygens (including phenoxy) is 2. The first-order valence-corrected chi connectivity index (χ1v) is 10.8. The second-order valence-electron chi connectivity index (χ2n) is 9.06. The predicted octanol–water partition coefficient (Wildman–Crippen LogP) is 1.53. The molecule has 0 aliphatic carbocycles. The highest BCUT2D eigenvalue weighted by atomic mass is 16.6. The zero-order valence-electron chi connectivity index (χ0n) is 18.4. The van der Waals surface area contributed by atoms with Gasteiger partial charge in [0.2, 0.25) is 6.10 Å². The number of nitrogens with zero attached hydrogens (tertiary/aromatic N) is 4. The van der Waals surface area contributed by atoms with E-state index in [2.05, 4.69) is 30.8 Å². The highest BCUT2D eigenvalue weighted by Gasteiger charge is 2.32. The van der Waals surface area contributed by atoms with Gasteiger partial charge in [-0.05, 0) is 18.2 Å². The maximum Gasteiger partial charge on any atom is 0.267 e. The van der Waals surface area contributed by atoms with E-state index in [1.807, 2.05) is 29.2 Å². The van der Waals surface area contributed by atoms with E-state index >= 15 is 0 Å². The fraction of sp³-hybridized carbons (Fsp3) is 0.522. The minimum Gasteiger partial charge on any atom is -0.485 e. The molecule has 0 bridgehead atoms. The minimum absolute atomic E-state index is 0.0371. The van der Waals surface area contributed by atoms with Gasteiger partial charge in [-0.1, -0.05) is 32.9 Å². The van der Waals surface area contributed by atoms with E-state index in [1.165, 1.54) is 0 Å². The normalized spacial score (nSPS) is 19.3. The van der Waals surface area contributed by atoms with Crippen LogP contribution >= 0.6 is 0 Å². The molecule has 2 aromatic rings. The molecule has 1 unspecified atom stereocenters. The van der Waals surface area contributed by atoms with Crippen molar-refractivity contribution in [3.05, 3.63) is 52.4 Å². The van der Waals surface area contributed by atoms with Crippen molar-refractivity contribution in [1.82, 2.24) is 19.6 Å². The van der Waals surface area contributed by atoms with Crippen LogP contribution in [0.2, 0.25) is 0 Å². The summed E-state index contributed by atoms with van der Waals surface area (Å²) in [4.78, 5) is 29.1. The molecule has 8 heteroatoms. The zero-order chi connectivity index (χ0) is 22.0. The summed E-state index contributed by atoms with van der Waals surface area (Å²) in [5.74, 6) is 1.25. The Labute approximate surface area is 182 Å². The van der Waals surface area contributed by atoms with Gasteiger partial charge in [-0.25, -0.2) is 4.68 Å². The number of aromatic nitrogens is 2. The first-order chi connectivity index (χ1) is 14.8. The van der Waals surface area contributed by atoms with E-state index in [0.29, 0.717) is 31.1 Å². The van der Waals surface area contributed by atoms with Crippen LogP contribution in [-0.2, 0) is 16.8 Å². The van der Waals surface area contributed by atoms with E-state index in [0.717, 1.165) is 25.3 Å². The monoisotopic (exact) mass is 426 g/mol. The van der Waals surface area contributed by atoms with Gasteiger partial charge in [0.1, 0.15) is 6.61 Å². The van der Waals surface area contributed by atoms with Crippen molar-refractivity contribution in [2.45, 2.75) is 38.8 Å². The largest absolute Gasteiger partial charge is 0.485 e. The predicted molar refractivity (Wildman–Crippen MR) is 117 cm³/mol. The number of benzene rings is 1. The van der Waals surface area contributed by atoms with E-state index in [1.54, 1.807) is 16.8 Å². The van der Waals surface area contributed by atoms with Gasteiger partial charge >= 0.3 is 0 Å². The fourth-order valence-corrected chi connectivity index (χ4v) is 3.78. The van der Waals surface area contributed by atoms with Crippen LogP contribution in [0.4, 0.5) is 0 Å². The van der Waals surface area contributed by atoms with Crippen LogP contribution in [0.1, 0.15) is 26.5 Å². The van der Waals surface area contributed by atoms with Gasteiger partial charge < -0.3 is 14.4 Å². The van der Waals surface area contributed by atoms with E-state index in [9.17, 15) is 9.59 Å². The third-order valence-corrected chi connectivity index (χ3v) is 5.73. The third-order valence-electron chi connectivity index (χ3n) is 5.73. The molecular weight excluding hydrogens is 396 g/mol. The van der Waals surface area contributed by atoms with E-state index in [4.69, 9.17) is 9.47 Å². The molecule has 0 N–H and O–H groups in total. The lowest BCUT2D eigenvalue weighted by Crippen LogP contribution is -2.54. The number of fused-ring (bicyclic) bond motifs is 1. The molecule has 0 saturated carbocycles. The molecule has 1 atom stereocenters. The number of rotatable bonds is 4. The summed E-state index contributed by atoms with van der Waals surface area (Å²) in [6.45, 7) is 10.5. The Morgan fingerprint density at radius 3 is 2.45 bits per heavy atom. The van der Waals surface area contributed by atoms with Gasteiger partial charge in [0.05, 0.1) is 12.2 Å². The zero-order valence-corrected chi connectivity index (χ0v) is 18.4. The molecule has 0 radical (unpaired) electrons. The summed E-state index contributed by atoms with van der Waals surface area (Å²) >= 11 is 0. The van der Waals surface area contributed by atoms with Gasteiger partial charge in [-0.15, -0.1) is 0 Å². The molecule has 1 aromatic heterocycles. The second-order valence-corrected chi connectivity index (χ2v) is 9.06. The van der Waals surface area contributed by atoms with Crippen molar-refractivity contribution in [2.24, 2.45) is 0 Å². The first kappa shape index (κ1) is 21.4. The van der Waals surface area contributed by atoms with Crippen molar-refractivity contribution < 1.29 is 14.3 Å². The standard InChI is InChI=1S/C23H30N4O4/c1-23(2,3)20-8-9-21(28)27(24-20)15-12-25-10-13-26(14-11-25)22(29)19-16-30-17-6-4-5-7-18(17)31-19/h4-9,19H,10-16H2,1-3H3. The van der Waals surface area contributed by atoms with E-state index in [-0.39, 0.29) is 23.5 Å². The Balaban J connectivity index is 1.29. The average Bonchev–Trinajstić information content (AvgIpc) is 2.77. The average molecular weight is 427 g/mol. The maximum absolute atomic E-state index is 12.9. The van der Waals surface area contributed by atoms with Gasteiger partial charge in [-0.3, -0.25) is 14.5 Å². The van der Waals surface area contributed by atoms with Crippen LogP contribution in [-0.4, -0.2) is 70.9 Å². The third kappa shape index (κ3) is 4.90. The number of piperazine rings is 1. The number of hydrogen-bond acceptors (Lipinski definition) is 6. The summed E-state index contributed by atoms with van der Waals surface area (Å²) < 4.78 is 13.1. The molecule has 2 aliphatic heterocycles. The Bertz CT molecular complexity index is 990. The Morgan fingerprint density at radius 1 is 1.03 bits per heavy atom. The second kappa shape index (κ2) is 8.70. The summed E-state index contributed by atoms with van der Waals surface area (Å²) in [6.07, 6.45) is -0.607. The Morgan fingerprint density at radius 2 is 1.74 bits per heavy atom. The summed E-state index contributed by atoms with van der Waals surface area (Å²) in [6, 6.07) is 10.8. The number of para-hydroxylation sites is 2. The Hall–Kier alpha value is -2.87. The molecule has 3 heterocycles. The van der Waals surface area contributed by atoms with Gasteiger partial charge in [0, 0.05) is 44.2 Å². The molecule has 1 amide bonds. The molecule has 8 nitrogen and oxygen atoms in total. The summed E-state index contributed by atoms with van der Waals surface area (Å²) in [5.41, 5.74) is 0.711. The lowest BCUT2D eigenvalue weighted by molar-refractivity contribution is -0.143. The molecule has 31 heavy (non-hydrogen) atoms. The molecule has 1 saturated heterocycles. The molecule has 166 valence electrons. The minimum atomic E-state index is -0.607. The van der Waals surface area contributed by atoms with Crippen LogP contribution in [0.5, 0.6) is 11.5 Å². The lowest BCUT2D eigenvalue weighted by Gasteiger charge is -2.37. The van der Waals surface area contributed by atoms with Crippen LogP contribution in [0, 0.1) is 0 Å². The summed E-state index contributed by atoms with van der Waals surface area (Å²) in [5, 5.41) is 4.53. The number of hydrogen-bond donors (Lipinski definition) is 0. The van der Waals surface area contributed by atoms with Crippen molar-refractivity contribution in [2.75, 3.05) is 39.3 Å². The van der Waals surface area contributed by atoms with Crippen molar-refractivity contribution in [3.8, 4) is 11.5 Å². The van der Waals surface area contributed by atoms with Gasteiger partial charge in [0.15, 0.2) is 11.5 Å². The molecular formula is C23H30N4O4. The van der Waals surface area contributed by atoms with Crippen LogP contribution < -0.4 is 15.0 Å². The highest BCUT2D eigenvalue weighted by molar-refractivity contribution is 5.82. The van der Waals surface area contributed by atoms with Gasteiger partial charge in [0.25, 0.3) is 11.5 Å². The van der Waals surface area contributed by atoms with Crippen molar-refractivity contribution >= 4 is 5.91 Å². The highest BCUT2D eigenvalue weighted by Crippen LogP contribution is 2.31. The molecule has 1 aromatic carbocycles. The molecule has 1 fully saturated rings. The van der Waals surface area contributed by atoms with E-state index < -0.39 is 6.10 Å². The van der Waals surface area contributed by atoms with Crippen molar-refractivity contribution in [1.29, 1.82) is 0 Å². The van der Waals surface area contributed by atoms with Gasteiger partial charge in [-0.2, -0.15) is 5.10 Å². The quantitative estimate of drug-likeness (QED) is 0.738.